The lowest BCUT2D eigenvalue weighted by Gasteiger charge is -2.42. The Balaban J connectivity index is 1.74. The summed E-state index contributed by atoms with van der Waals surface area (Å²) < 4.78 is 5.42. The molecule has 0 radical (unpaired) electrons. The number of fused-ring (bicyclic) bond motifs is 4. The van der Waals surface area contributed by atoms with Crippen molar-refractivity contribution in [2.45, 2.75) is 31.3 Å². The standard InChI is InChI=1S/C24H24ClN3O4/c1-24-13-18-17-12-16(32-2)7-8-19(17)26-20(18)21(14-5-3-6-15(29)11-14)28(24)23(31)27(22(24)30)10-4-9-25/h3,5-8,11-12,21,26,29H,4,9-10,13H2,1-2H3. The van der Waals surface area contributed by atoms with Crippen LogP contribution < -0.4 is 4.74 Å². The molecule has 1 fully saturated rings. The Kier molecular flexibility index (Phi) is 4.82. The second-order valence-corrected chi connectivity index (χ2v) is 8.91. The van der Waals surface area contributed by atoms with Gasteiger partial charge in [0.25, 0.3) is 5.91 Å². The highest BCUT2D eigenvalue weighted by atomic mass is 35.5. The second kappa shape index (κ2) is 7.45. The lowest BCUT2D eigenvalue weighted by molar-refractivity contribution is -0.133. The molecule has 3 aromatic rings. The summed E-state index contributed by atoms with van der Waals surface area (Å²) in [6.45, 7) is 2.11. The van der Waals surface area contributed by atoms with Crippen LogP contribution in [-0.2, 0) is 11.2 Å². The van der Waals surface area contributed by atoms with Gasteiger partial charge < -0.3 is 14.8 Å². The van der Waals surface area contributed by atoms with E-state index in [-0.39, 0.29) is 24.2 Å². The fourth-order valence-electron chi connectivity index (χ4n) is 5.08. The van der Waals surface area contributed by atoms with Crippen LogP contribution in [-0.4, -0.2) is 56.9 Å². The Morgan fingerprint density at radius 2 is 2.06 bits per heavy atom. The van der Waals surface area contributed by atoms with Crippen molar-refractivity contribution < 1.29 is 19.4 Å². The zero-order chi connectivity index (χ0) is 22.6. The zero-order valence-corrected chi connectivity index (χ0v) is 18.6. The van der Waals surface area contributed by atoms with Gasteiger partial charge in [-0.1, -0.05) is 12.1 Å². The normalized spacial score (nSPS) is 22.4. The summed E-state index contributed by atoms with van der Waals surface area (Å²) in [4.78, 5) is 33.5. The number of methoxy groups -OCH3 is 1. The molecule has 2 N–H and O–H groups in total. The van der Waals surface area contributed by atoms with Crippen LogP contribution in [0.15, 0.2) is 42.5 Å². The quantitative estimate of drug-likeness (QED) is 0.448. The van der Waals surface area contributed by atoms with E-state index in [9.17, 15) is 14.7 Å². The van der Waals surface area contributed by atoms with Crippen LogP contribution in [0.25, 0.3) is 10.9 Å². The van der Waals surface area contributed by atoms with Gasteiger partial charge in [-0.15, -0.1) is 11.6 Å². The number of benzene rings is 2. The number of aromatic hydroxyl groups is 1. The molecule has 2 aromatic carbocycles. The molecule has 2 aliphatic heterocycles. The Morgan fingerprint density at radius 3 is 2.78 bits per heavy atom. The number of aromatic nitrogens is 1. The number of phenols is 1. The van der Waals surface area contributed by atoms with Crippen LogP contribution in [0.3, 0.4) is 0 Å². The van der Waals surface area contributed by atoms with Gasteiger partial charge in [-0.05, 0) is 54.8 Å². The number of carbonyl (C=O) groups is 2. The van der Waals surface area contributed by atoms with E-state index in [2.05, 4.69) is 4.98 Å². The number of imide groups is 1. The Labute approximate surface area is 190 Å². The molecule has 1 aromatic heterocycles. The average Bonchev–Trinajstić information content (AvgIpc) is 3.22. The zero-order valence-electron chi connectivity index (χ0n) is 17.9. The molecule has 166 valence electrons. The number of nitrogens with zero attached hydrogens (tertiary/aromatic N) is 2. The van der Waals surface area contributed by atoms with Gasteiger partial charge in [-0.3, -0.25) is 14.6 Å². The molecule has 3 amide bonds. The number of H-pyrrole nitrogens is 1. The number of hydrogen-bond donors (Lipinski definition) is 2. The van der Waals surface area contributed by atoms with Crippen LogP contribution in [0.4, 0.5) is 4.79 Å². The number of halogens is 1. The first kappa shape index (κ1) is 20.7. The minimum atomic E-state index is -1.05. The molecular formula is C24H24ClN3O4. The molecule has 2 aliphatic rings. The Morgan fingerprint density at radius 1 is 1.25 bits per heavy atom. The van der Waals surface area contributed by atoms with Crippen molar-refractivity contribution in [2.24, 2.45) is 0 Å². The Hall–Kier alpha value is -3.19. The predicted molar refractivity (Wildman–Crippen MR) is 121 cm³/mol. The van der Waals surface area contributed by atoms with Crippen LogP contribution in [0.5, 0.6) is 11.5 Å². The second-order valence-electron chi connectivity index (χ2n) is 8.53. The number of carbonyl (C=O) groups excluding carboxylic acids is 2. The number of alkyl halides is 1. The van der Waals surface area contributed by atoms with Crippen LogP contribution in [0, 0.1) is 0 Å². The van der Waals surface area contributed by atoms with Gasteiger partial charge in [-0.25, -0.2) is 4.79 Å². The molecule has 2 unspecified atom stereocenters. The van der Waals surface area contributed by atoms with Crippen molar-refractivity contribution in [1.82, 2.24) is 14.8 Å². The van der Waals surface area contributed by atoms with Crippen LogP contribution in [0.2, 0.25) is 0 Å². The van der Waals surface area contributed by atoms with E-state index < -0.39 is 11.6 Å². The monoisotopic (exact) mass is 453 g/mol. The number of amides is 3. The molecule has 5 rings (SSSR count). The molecule has 8 heteroatoms. The van der Waals surface area contributed by atoms with Crippen molar-refractivity contribution in [3.8, 4) is 11.5 Å². The summed E-state index contributed by atoms with van der Waals surface area (Å²) in [6, 6.07) is 11.7. The summed E-state index contributed by atoms with van der Waals surface area (Å²) in [5, 5.41) is 11.1. The van der Waals surface area contributed by atoms with Gasteiger partial charge in [0.15, 0.2) is 0 Å². The number of ether oxygens (including phenoxy) is 1. The first-order valence-corrected chi connectivity index (χ1v) is 11.1. The maximum absolute atomic E-state index is 13.5. The van der Waals surface area contributed by atoms with E-state index >= 15 is 0 Å². The van der Waals surface area contributed by atoms with Crippen molar-refractivity contribution >= 4 is 34.4 Å². The van der Waals surface area contributed by atoms with Crippen LogP contribution >= 0.6 is 11.6 Å². The van der Waals surface area contributed by atoms with E-state index in [4.69, 9.17) is 16.3 Å². The molecule has 0 bridgehead atoms. The predicted octanol–water partition coefficient (Wildman–Crippen LogP) is 4.18. The van der Waals surface area contributed by atoms with E-state index in [1.54, 1.807) is 30.2 Å². The van der Waals surface area contributed by atoms with Gasteiger partial charge in [0.2, 0.25) is 0 Å². The topological polar surface area (TPSA) is 85.9 Å². The summed E-state index contributed by atoms with van der Waals surface area (Å²) in [7, 11) is 1.62. The van der Waals surface area contributed by atoms with Gasteiger partial charge in [0, 0.05) is 35.4 Å². The maximum atomic E-state index is 13.5. The highest BCUT2D eigenvalue weighted by molar-refractivity contribution is 6.18. The molecule has 7 nitrogen and oxygen atoms in total. The number of hydrogen-bond acceptors (Lipinski definition) is 4. The van der Waals surface area contributed by atoms with Crippen LogP contribution in [0.1, 0.15) is 36.2 Å². The number of urea groups is 1. The summed E-state index contributed by atoms with van der Waals surface area (Å²) in [5.74, 6) is 0.970. The molecule has 32 heavy (non-hydrogen) atoms. The number of rotatable bonds is 5. The first-order chi connectivity index (χ1) is 15.4. The minimum Gasteiger partial charge on any atom is -0.508 e. The summed E-state index contributed by atoms with van der Waals surface area (Å²) in [6.07, 6.45) is 0.915. The molecule has 0 saturated carbocycles. The molecule has 3 heterocycles. The molecular weight excluding hydrogens is 430 g/mol. The first-order valence-electron chi connectivity index (χ1n) is 10.6. The number of aromatic amines is 1. The summed E-state index contributed by atoms with van der Waals surface area (Å²) in [5.41, 5.74) is 2.41. The fraction of sp³-hybridized carbons (Fsp3) is 0.333. The van der Waals surface area contributed by atoms with Gasteiger partial charge in [0.1, 0.15) is 23.1 Å². The van der Waals surface area contributed by atoms with E-state index in [0.29, 0.717) is 18.7 Å². The molecule has 1 saturated heterocycles. The lowest BCUT2D eigenvalue weighted by Crippen LogP contribution is -2.53. The molecule has 0 aliphatic carbocycles. The molecule has 2 atom stereocenters. The third kappa shape index (κ3) is 2.88. The van der Waals surface area contributed by atoms with Crippen molar-refractivity contribution in [2.75, 3.05) is 19.5 Å². The summed E-state index contributed by atoms with van der Waals surface area (Å²) >= 11 is 5.85. The highest BCUT2D eigenvalue weighted by Crippen LogP contribution is 2.49. The third-order valence-corrected chi connectivity index (χ3v) is 6.84. The van der Waals surface area contributed by atoms with E-state index in [0.717, 1.165) is 33.5 Å². The third-order valence-electron chi connectivity index (χ3n) is 6.57. The number of nitrogens with one attached hydrogen (secondary N) is 1. The van der Waals surface area contributed by atoms with Crippen molar-refractivity contribution in [3.63, 3.8) is 0 Å². The fourth-order valence-corrected chi connectivity index (χ4v) is 5.19. The highest BCUT2D eigenvalue weighted by Gasteiger charge is 2.60. The van der Waals surface area contributed by atoms with E-state index in [1.165, 1.54) is 4.90 Å². The van der Waals surface area contributed by atoms with Gasteiger partial charge in [-0.2, -0.15) is 0 Å². The van der Waals surface area contributed by atoms with Crippen molar-refractivity contribution in [3.05, 3.63) is 59.3 Å². The largest absolute Gasteiger partial charge is 0.508 e. The smallest absolute Gasteiger partial charge is 0.328 e. The van der Waals surface area contributed by atoms with Gasteiger partial charge >= 0.3 is 6.03 Å². The van der Waals surface area contributed by atoms with E-state index in [1.807, 2.05) is 31.2 Å². The maximum Gasteiger partial charge on any atom is 0.328 e. The lowest BCUT2D eigenvalue weighted by atomic mass is 9.81. The SMILES string of the molecule is COc1ccc2[nH]c3c(c2c1)CC1(C)C(=O)N(CCCCl)C(=O)N1C3c1cccc(O)c1. The Bertz CT molecular complexity index is 1240. The van der Waals surface area contributed by atoms with Crippen molar-refractivity contribution in [1.29, 1.82) is 0 Å². The number of phenolic OH excluding ortho intramolecular Hbond substituents is 1. The molecule has 0 spiro atoms. The minimum absolute atomic E-state index is 0.103. The average molecular weight is 454 g/mol. The van der Waals surface area contributed by atoms with Gasteiger partial charge in [0.05, 0.1) is 7.11 Å².